The van der Waals surface area contributed by atoms with E-state index in [-0.39, 0.29) is 11.3 Å². The second-order valence-electron chi connectivity index (χ2n) is 6.70. The van der Waals surface area contributed by atoms with Crippen molar-refractivity contribution in [2.75, 3.05) is 0 Å². The lowest BCUT2D eigenvalue weighted by atomic mass is 10.1. The van der Waals surface area contributed by atoms with Gasteiger partial charge in [0.1, 0.15) is 17.5 Å². The highest BCUT2D eigenvalue weighted by Crippen LogP contribution is 2.31. The summed E-state index contributed by atoms with van der Waals surface area (Å²) in [6.45, 7) is 0. The van der Waals surface area contributed by atoms with E-state index in [1.807, 2.05) is 0 Å². The summed E-state index contributed by atoms with van der Waals surface area (Å²) in [5.41, 5.74) is -2.22. The zero-order chi connectivity index (χ0) is 23.0. The fourth-order valence-corrected chi connectivity index (χ4v) is 3.94. The van der Waals surface area contributed by atoms with Gasteiger partial charge in [-0.05, 0) is 53.5 Å². The summed E-state index contributed by atoms with van der Waals surface area (Å²) >= 11 is 1.12. The van der Waals surface area contributed by atoms with Crippen LogP contribution in [0.25, 0.3) is 27.4 Å². The first-order valence-corrected chi connectivity index (χ1v) is 9.80. The molecule has 3 heterocycles. The number of hydrogen-bond acceptors (Lipinski definition) is 6. The number of benzene rings is 1. The fraction of sp³-hybridized carbons (Fsp3) is 0.0952. The molecule has 0 aliphatic rings. The summed E-state index contributed by atoms with van der Waals surface area (Å²) in [7, 11) is 0.947. The monoisotopic (exact) mass is 455 g/mol. The van der Waals surface area contributed by atoms with E-state index < -0.39 is 23.1 Å². The van der Waals surface area contributed by atoms with Crippen LogP contribution in [0.5, 0.6) is 0 Å². The molecule has 0 aliphatic carbocycles. The molecule has 160 valence electrons. The summed E-state index contributed by atoms with van der Waals surface area (Å²) in [6, 6.07) is 10.4. The first-order valence-electron chi connectivity index (χ1n) is 9.03. The molecular weight excluding hydrogens is 443 g/mol. The zero-order valence-corrected chi connectivity index (χ0v) is 17.1. The third-order valence-corrected chi connectivity index (χ3v) is 5.54. The average Bonchev–Trinajstić information content (AvgIpc) is 3.18. The first-order chi connectivity index (χ1) is 15.2. The Kier molecular flexibility index (Phi) is 5.23. The Balaban J connectivity index is 1.91. The molecule has 32 heavy (non-hydrogen) atoms. The van der Waals surface area contributed by atoms with Crippen molar-refractivity contribution in [2.45, 2.75) is 6.18 Å². The van der Waals surface area contributed by atoms with Crippen molar-refractivity contribution in [3.05, 3.63) is 86.6 Å². The molecule has 7 nitrogen and oxygen atoms in total. The number of nitrogens with zero attached hydrogens (tertiary/aromatic N) is 5. The van der Waals surface area contributed by atoms with Crippen molar-refractivity contribution in [1.82, 2.24) is 18.5 Å². The quantitative estimate of drug-likeness (QED) is 0.440. The number of fused-ring (bicyclic) bond motifs is 1. The Hall–Kier alpha value is -4.04. The maximum absolute atomic E-state index is 13.1. The van der Waals surface area contributed by atoms with Gasteiger partial charge in [-0.2, -0.15) is 22.8 Å². The summed E-state index contributed by atoms with van der Waals surface area (Å²) < 4.78 is 45.4. The van der Waals surface area contributed by atoms with Gasteiger partial charge in [-0.3, -0.25) is 14.3 Å². The lowest BCUT2D eigenvalue weighted by molar-refractivity contribution is -0.144. The Labute approximate surface area is 182 Å². The van der Waals surface area contributed by atoms with Gasteiger partial charge in [-0.25, -0.2) is 9.36 Å². The van der Waals surface area contributed by atoms with Crippen LogP contribution >= 0.6 is 11.5 Å². The minimum absolute atomic E-state index is 0.0690. The molecule has 0 radical (unpaired) electrons. The second-order valence-corrected chi connectivity index (χ2v) is 7.51. The summed E-state index contributed by atoms with van der Waals surface area (Å²) in [5, 5.41) is 10.1. The third kappa shape index (κ3) is 3.72. The highest BCUT2D eigenvalue weighted by atomic mass is 32.1. The summed E-state index contributed by atoms with van der Waals surface area (Å²) in [4.78, 5) is 28.9. The topological polar surface area (TPSA) is 93.6 Å². The smallest absolute Gasteiger partial charge is 0.292 e. The summed E-state index contributed by atoms with van der Waals surface area (Å²) in [5.74, 6) is 0. The van der Waals surface area contributed by atoms with Crippen LogP contribution in [0.4, 0.5) is 13.2 Å². The molecule has 4 rings (SSSR count). The molecule has 0 saturated heterocycles. The highest BCUT2D eigenvalue weighted by Gasteiger charge is 2.35. The van der Waals surface area contributed by atoms with Gasteiger partial charge < -0.3 is 0 Å². The Morgan fingerprint density at radius 1 is 1.16 bits per heavy atom. The van der Waals surface area contributed by atoms with Crippen LogP contribution in [-0.2, 0) is 13.2 Å². The summed E-state index contributed by atoms with van der Waals surface area (Å²) in [6.07, 6.45) is -0.0814. The fourth-order valence-electron chi connectivity index (χ4n) is 3.18. The van der Waals surface area contributed by atoms with Crippen LogP contribution in [0, 0.1) is 11.3 Å². The van der Waals surface area contributed by atoms with E-state index in [0.717, 1.165) is 24.1 Å². The number of alkyl halides is 3. The van der Waals surface area contributed by atoms with Gasteiger partial charge in [0.05, 0.1) is 16.0 Å². The molecule has 0 atom stereocenters. The molecule has 1 aromatic carbocycles. The number of nitriles is 1. The molecule has 11 heteroatoms. The predicted molar refractivity (Wildman–Crippen MR) is 113 cm³/mol. The number of halogens is 3. The second kappa shape index (κ2) is 7.90. The minimum Gasteiger partial charge on any atom is -0.292 e. The molecule has 0 saturated carbocycles. The van der Waals surface area contributed by atoms with E-state index in [4.69, 9.17) is 0 Å². The molecule has 3 aromatic heterocycles. The number of allylic oxidation sites excluding steroid dienone is 1. The zero-order valence-electron chi connectivity index (χ0n) is 16.3. The molecule has 4 aromatic rings. The lowest BCUT2D eigenvalue weighted by Gasteiger charge is -2.14. The lowest BCUT2D eigenvalue weighted by Crippen LogP contribution is -2.40. The molecule has 0 amide bonds. The molecule has 0 aliphatic heterocycles. The van der Waals surface area contributed by atoms with Crippen LogP contribution < -0.4 is 11.2 Å². The van der Waals surface area contributed by atoms with Crippen LogP contribution in [0.3, 0.4) is 0 Å². The Bertz CT molecular complexity index is 1530. The van der Waals surface area contributed by atoms with Crippen LogP contribution in [0.1, 0.15) is 17.0 Å². The van der Waals surface area contributed by atoms with Gasteiger partial charge in [-0.1, -0.05) is 0 Å². The number of rotatable bonds is 3. The van der Waals surface area contributed by atoms with Crippen LogP contribution in [0.2, 0.25) is 0 Å². The Morgan fingerprint density at radius 3 is 2.53 bits per heavy atom. The first kappa shape index (κ1) is 21.2. The van der Waals surface area contributed by atoms with Gasteiger partial charge >= 0.3 is 11.9 Å². The van der Waals surface area contributed by atoms with Crippen molar-refractivity contribution < 1.29 is 13.2 Å². The van der Waals surface area contributed by atoms with E-state index >= 15 is 0 Å². The molecule has 0 N–H and O–H groups in total. The SMILES string of the molecule is Cn1c(C(F)(F)F)cc(=O)n(-c2ccc3snc(C(C#N)=Cc4ccncc4)c3c2)c1=O. The molecule has 0 fully saturated rings. The maximum Gasteiger partial charge on any atom is 0.431 e. The van der Waals surface area contributed by atoms with Gasteiger partial charge in [-0.15, -0.1) is 0 Å². The molecular formula is C21H12F3N5O2S. The van der Waals surface area contributed by atoms with Gasteiger partial charge in [0.15, 0.2) is 0 Å². The van der Waals surface area contributed by atoms with E-state index in [2.05, 4.69) is 15.4 Å². The molecule has 0 spiro atoms. The van der Waals surface area contributed by atoms with Crippen molar-refractivity contribution >= 4 is 33.3 Å². The average molecular weight is 455 g/mol. The molecule has 0 unspecified atom stereocenters. The maximum atomic E-state index is 13.1. The van der Waals surface area contributed by atoms with Crippen molar-refractivity contribution in [3.8, 4) is 11.8 Å². The van der Waals surface area contributed by atoms with Gasteiger partial charge in [0.25, 0.3) is 5.56 Å². The predicted octanol–water partition coefficient (Wildman–Crippen LogP) is 3.62. The van der Waals surface area contributed by atoms with Crippen LogP contribution in [-0.4, -0.2) is 18.5 Å². The number of pyridine rings is 1. The molecule has 0 bridgehead atoms. The standard InChI is InChI=1S/C21H12F3N5O2S/c1-28-17(21(22,23)24)10-18(30)29(20(28)31)14-2-3-16-15(9-14)19(27-32-16)13(11-25)8-12-4-6-26-7-5-12/h2-10H,1H3. The van der Waals surface area contributed by atoms with Crippen LogP contribution in [0.15, 0.2) is 58.4 Å². The van der Waals surface area contributed by atoms with E-state index in [1.54, 1.807) is 36.7 Å². The highest BCUT2D eigenvalue weighted by molar-refractivity contribution is 7.13. The largest absolute Gasteiger partial charge is 0.431 e. The van der Waals surface area contributed by atoms with E-state index in [9.17, 15) is 28.0 Å². The van der Waals surface area contributed by atoms with E-state index in [1.165, 1.54) is 12.1 Å². The van der Waals surface area contributed by atoms with Crippen molar-refractivity contribution in [3.63, 3.8) is 0 Å². The minimum atomic E-state index is -4.85. The van der Waals surface area contributed by atoms with Crippen molar-refractivity contribution in [1.29, 1.82) is 5.26 Å². The third-order valence-electron chi connectivity index (χ3n) is 4.72. The van der Waals surface area contributed by atoms with E-state index in [0.29, 0.717) is 31.0 Å². The van der Waals surface area contributed by atoms with Gasteiger partial charge in [0, 0.05) is 30.9 Å². The van der Waals surface area contributed by atoms with Gasteiger partial charge in [0.2, 0.25) is 0 Å². The number of hydrogen-bond donors (Lipinski definition) is 0. The Morgan fingerprint density at radius 2 is 1.88 bits per heavy atom. The van der Waals surface area contributed by atoms with Crippen molar-refractivity contribution in [2.24, 2.45) is 7.05 Å². The number of aromatic nitrogens is 4. The normalized spacial score (nSPS) is 12.2.